The smallest absolute Gasteiger partial charge is 0.276 e. The van der Waals surface area contributed by atoms with Crippen molar-refractivity contribution in [3.05, 3.63) is 75.2 Å². The van der Waals surface area contributed by atoms with Crippen LogP contribution in [0.25, 0.3) is 11.0 Å². The summed E-state index contributed by atoms with van der Waals surface area (Å²) < 4.78 is 28.4. The predicted molar refractivity (Wildman–Crippen MR) is 97.8 cm³/mol. The minimum atomic E-state index is -1.07. The van der Waals surface area contributed by atoms with Gasteiger partial charge in [-0.1, -0.05) is 12.1 Å². The fraction of sp³-hybridized carbons (Fsp3) is 0.158. The van der Waals surface area contributed by atoms with Gasteiger partial charge in [0.05, 0.1) is 11.6 Å². The molecule has 6 nitrogen and oxygen atoms in total. The molecule has 3 rings (SSSR count). The van der Waals surface area contributed by atoms with Crippen LogP contribution in [0.1, 0.15) is 28.5 Å². The zero-order chi connectivity index (χ0) is 19.6. The van der Waals surface area contributed by atoms with E-state index in [0.29, 0.717) is 17.6 Å². The molecule has 0 bridgehead atoms. The second kappa shape index (κ2) is 7.45. The minimum absolute atomic E-state index is 0.119. The lowest BCUT2D eigenvalue weighted by Crippen LogP contribution is -2.27. The number of carbonyl (C=O) groups excluding carboxylic acids is 1. The molecule has 1 amide bonds. The first kappa shape index (κ1) is 18.4. The van der Waals surface area contributed by atoms with Crippen LogP contribution >= 0.6 is 0 Å². The van der Waals surface area contributed by atoms with Gasteiger partial charge < -0.3 is 4.57 Å². The van der Waals surface area contributed by atoms with E-state index in [4.69, 9.17) is 0 Å². The van der Waals surface area contributed by atoms with Crippen molar-refractivity contribution in [2.24, 2.45) is 5.10 Å². The molecule has 0 aliphatic heterocycles. The maximum Gasteiger partial charge on any atom is 0.276 e. The molecule has 3 aromatic rings. The molecule has 0 radical (unpaired) electrons. The van der Waals surface area contributed by atoms with Crippen LogP contribution in [0.5, 0.6) is 0 Å². The Labute approximate surface area is 153 Å². The number of hydrogen-bond donors (Lipinski definition) is 1. The SMILES string of the molecule is CCn1cc(C(=O)N/N=C/c2cccc(F)c2F)c(=O)c2ccc(C)nc21. The van der Waals surface area contributed by atoms with Crippen LogP contribution in [0, 0.1) is 18.6 Å². The Kier molecular flexibility index (Phi) is 5.07. The molecule has 8 heteroatoms. The second-order valence-corrected chi connectivity index (χ2v) is 5.82. The number of amides is 1. The van der Waals surface area contributed by atoms with Crippen molar-refractivity contribution in [2.45, 2.75) is 20.4 Å². The summed E-state index contributed by atoms with van der Waals surface area (Å²) in [6, 6.07) is 6.91. The third-order valence-electron chi connectivity index (χ3n) is 4.00. The highest BCUT2D eigenvalue weighted by atomic mass is 19.2. The zero-order valence-corrected chi connectivity index (χ0v) is 14.7. The monoisotopic (exact) mass is 370 g/mol. The average molecular weight is 370 g/mol. The van der Waals surface area contributed by atoms with Crippen molar-refractivity contribution in [3.8, 4) is 0 Å². The van der Waals surface area contributed by atoms with Crippen molar-refractivity contribution in [1.29, 1.82) is 0 Å². The number of rotatable bonds is 4. The molecule has 138 valence electrons. The van der Waals surface area contributed by atoms with Crippen molar-refractivity contribution in [3.63, 3.8) is 0 Å². The molecule has 0 atom stereocenters. The van der Waals surface area contributed by atoms with Gasteiger partial charge in [0.15, 0.2) is 11.6 Å². The van der Waals surface area contributed by atoms with Gasteiger partial charge in [-0.15, -0.1) is 0 Å². The third kappa shape index (κ3) is 3.59. The summed E-state index contributed by atoms with van der Waals surface area (Å²) in [7, 11) is 0. The average Bonchev–Trinajstić information content (AvgIpc) is 2.65. The molecule has 0 unspecified atom stereocenters. The lowest BCUT2D eigenvalue weighted by Gasteiger charge is -2.10. The number of hydrazone groups is 1. The van der Waals surface area contributed by atoms with Gasteiger partial charge in [0.1, 0.15) is 11.2 Å². The van der Waals surface area contributed by atoms with Crippen molar-refractivity contribution in [1.82, 2.24) is 15.0 Å². The molecular formula is C19H16F2N4O2. The topological polar surface area (TPSA) is 76.3 Å². The Bertz CT molecular complexity index is 1120. The van der Waals surface area contributed by atoms with Crippen LogP contribution in [0.2, 0.25) is 0 Å². The number of carbonyl (C=O) groups is 1. The van der Waals surface area contributed by atoms with E-state index in [-0.39, 0.29) is 11.1 Å². The van der Waals surface area contributed by atoms with E-state index in [0.717, 1.165) is 18.0 Å². The van der Waals surface area contributed by atoms with Gasteiger partial charge >= 0.3 is 0 Å². The van der Waals surface area contributed by atoms with Crippen LogP contribution in [0.3, 0.4) is 0 Å². The van der Waals surface area contributed by atoms with Gasteiger partial charge in [-0.2, -0.15) is 5.10 Å². The van der Waals surface area contributed by atoms with Crippen molar-refractivity contribution >= 4 is 23.2 Å². The van der Waals surface area contributed by atoms with Crippen molar-refractivity contribution in [2.75, 3.05) is 0 Å². The molecule has 0 fully saturated rings. The van der Waals surface area contributed by atoms with Crippen LogP contribution in [-0.4, -0.2) is 21.7 Å². The number of pyridine rings is 2. The van der Waals surface area contributed by atoms with Crippen LogP contribution in [0.4, 0.5) is 8.78 Å². The molecule has 0 spiro atoms. The third-order valence-corrected chi connectivity index (χ3v) is 4.00. The van der Waals surface area contributed by atoms with E-state index in [1.54, 1.807) is 16.7 Å². The summed E-state index contributed by atoms with van der Waals surface area (Å²) in [6.45, 7) is 4.18. The van der Waals surface area contributed by atoms with Crippen LogP contribution in [-0.2, 0) is 6.54 Å². The molecule has 0 aliphatic carbocycles. The molecular weight excluding hydrogens is 354 g/mol. The Balaban J connectivity index is 1.93. The van der Waals surface area contributed by atoms with E-state index in [9.17, 15) is 18.4 Å². The lowest BCUT2D eigenvalue weighted by atomic mass is 10.1. The van der Waals surface area contributed by atoms with E-state index >= 15 is 0 Å². The predicted octanol–water partition coefficient (Wildman–Crippen LogP) is 2.77. The van der Waals surface area contributed by atoms with E-state index in [1.807, 2.05) is 13.8 Å². The number of aromatic nitrogens is 2. The van der Waals surface area contributed by atoms with Gasteiger partial charge in [0.2, 0.25) is 5.43 Å². The number of nitrogens with one attached hydrogen (secondary N) is 1. The molecule has 27 heavy (non-hydrogen) atoms. The number of halogens is 2. The highest BCUT2D eigenvalue weighted by Crippen LogP contribution is 2.11. The number of nitrogens with zero attached hydrogens (tertiary/aromatic N) is 3. The summed E-state index contributed by atoms with van der Waals surface area (Å²) in [5.74, 6) is -2.85. The molecule has 2 heterocycles. The first-order valence-corrected chi connectivity index (χ1v) is 8.20. The fourth-order valence-electron chi connectivity index (χ4n) is 2.60. The zero-order valence-electron chi connectivity index (χ0n) is 14.7. The van der Waals surface area contributed by atoms with Gasteiger partial charge in [0.25, 0.3) is 5.91 Å². The first-order chi connectivity index (χ1) is 12.9. The van der Waals surface area contributed by atoms with Gasteiger partial charge in [-0.05, 0) is 32.0 Å². The van der Waals surface area contributed by atoms with Crippen LogP contribution in [0.15, 0.2) is 46.4 Å². The van der Waals surface area contributed by atoms with E-state index < -0.39 is 23.0 Å². The summed E-state index contributed by atoms with van der Waals surface area (Å²) >= 11 is 0. The van der Waals surface area contributed by atoms with Crippen LogP contribution < -0.4 is 10.9 Å². The summed E-state index contributed by atoms with van der Waals surface area (Å²) in [5, 5.41) is 3.93. The fourth-order valence-corrected chi connectivity index (χ4v) is 2.60. The van der Waals surface area contributed by atoms with Gasteiger partial charge in [-0.3, -0.25) is 9.59 Å². The first-order valence-electron chi connectivity index (χ1n) is 8.20. The molecule has 0 aliphatic rings. The maximum atomic E-state index is 13.6. The molecule has 0 saturated carbocycles. The number of fused-ring (bicyclic) bond motifs is 1. The Morgan fingerprint density at radius 3 is 2.81 bits per heavy atom. The van der Waals surface area contributed by atoms with E-state index in [1.165, 1.54) is 18.3 Å². The standard InChI is InChI=1S/C19H16F2N4O2/c1-3-25-10-14(17(26)13-8-7-11(2)23-18(13)25)19(27)24-22-9-12-5-4-6-15(20)16(12)21/h4-10H,3H2,1-2H3,(H,24,27)/b22-9+. The van der Waals surface area contributed by atoms with E-state index in [2.05, 4.69) is 15.5 Å². The van der Waals surface area contributed by atoms with Gasteiger partial charge in [0, 0.05) is 24.0 Å². The molecule has 2 aromatic heterocycles. The highest BCUT2D eigenvalue weighted by Gasteiger charge is 2.15. The molecule has 1 N–H and O–H groups in total. The summed E-state index contributed by atoms with van der Waals surface area (Å²) in [6.07, 6.45) is 2.38. The lowest BCUT2D eigenvalue weighted by molar-refractivity contribution is 0.0953. The normalized spacial score (nSPS) is 11.3. The Morgan fingerprint density at radius 1 is 1.30 bits per heavy atom. The highest BCUT2D eigenvalue weighted by molar-refractivity contribution is 5.97. The Morgan fingerprint density at radius 2 is 2.07 bits per heavy atom. The number of aryl methyl sites for hydroxylation is 2. The number of hydrogen-bond acceptors (Lipinski definition) is 4. The van der Waals surface area contributed by atoms with Gasteiger partial charge in [-0.25, -0.2) is 19.2 Å². The summed E-state index contributed by atoms with van der Waals surface area (Å²) in [4.78, 5) is 29.3. The number of benzene rings is 1. The largest absolute Gasteiger partial charge is 0.332 e. The maximum absolute atomic E-state index is 13.6. The molecule has 1 aromatic carbocycles. The minimum Gasteiger partial charge on any atom is -0.332 e. The Hall–Kier alpha value is -3.42. The van der Waals surface area contributed by atoms with Crippen molar-refractivity contribution < 1.29 is 13.6 Å². The second-order valence-electron chi connectivity index (χ2n) is 5.82. The molecule has 0 saturated heterocycles. The summed E-state index contributed by atoms with van der Waals surface area (Å²) in [5.41, 5.74) is 2.69. The quantitative estimate of drug-likeness (QED) is 0.567.